The van der Waals surface area contributed by atoms with Crippen molar-refractivity contribution in [3.05, 3.63) is 91.0 Å². The van der Waals surface area contributed by atoms with Gasteiger partial charge in [-0.2, -0.15) is 0 Å². The third-order valence-corrected chi connectivity index (χ3v) is 26.4. The topological polar surface area (TPSA) is 55.4 Å². The highest BCUT2D eigenvalue weighted by Crippen LogP contribution is 2.70. The van der Waals surface area contributed by atoms with E-state index in [9.17, 15) is 0 Å². The summed E-state index contributed by atoms with van der Waals surface area (Å²) in [7, 11) is 0. The van der Waals surface area contributed by atoms with Gasteiger partial charge < -0.3 is 28.4 Å². The maximum Gasteiger partial charge on any atom is 0.180 e. The molecule has 0 unspecified atom stereocenters. The Morgan fingerprint density at radius 1 is 0.324 bits per heavy atom. The number of hydrogen-bond acceptors (Lipinski definition) is 9. The number of hydrogen-bond donors (Lipinski definition) is 0. The third kappa shape index (κ3) is 7.96. The van der Waals surface area contributed by atoms with Crippen LogP contribution < -0.4 is 76.2 Å². The van der Waals surface area contributed by atoms with Gasteiger partial charge in [-0.05, 0) is 57.5 Å². The summed E-state index contributed by atoms with van der Waals surface area (Å²) in [6.45, 7) is 14.5. The Hall–Kier alpha value is -2.19. The lowest BCUT2D eigenvalue weighted by atomic mass is 9.93. The molecular weight excluding hydrogens is 1100 g/mol. The summed E-state index contributed by atoms with van der Waals surface area (Å²) in [5.41, 5.74) is 0. The first-order chi connectivity index (χ1) is 32.7. The van der Waals surface area contributed by atoms with Crippen LogP contribution in [0.2, 0.25) is 0 Å². The quantitative estimate of drug-likeness (QED) is 0.0568. The molecule has 0 saturated heterocycles. The predicted molar refractivity (Wildman–Crippen MR) is 308 cm³/mol. The predicted octanol–water partition coefficient (Wildman–Crippen LogP) is 11.7. The molecule has 0 fully saturated rings. The number of rotatable bonds is 15. The van der Waals surface area contributed by atoms with Crippen molar-refractivity contribution in [3.63, 3.8) is 0 Å². The van der Waals surface area contributed by atoms with Crippen LogP contribution in [0.1, 0.15) is 41.5 Å². The van der Waals surface area contributed by atoms with Crippen LogP contribution in [0.4, 0.5) is 0 Å². The van der Waals surface area contributed by atoms with Gasteiger partial charge in [0.1, 0.15) is 0 Å². The van der Waals surface area contributed by atoms with Crippen LogP contribution in [0.15, 0.2) is 91.0 Å². The summed E-state index contributed by atoms with van der Waals surface area (Å²) in [6.07, 6.45) is 0. The van der Waals surface area contributed by atoms with E-state index in [-0.39, 0.29) is 0 Å². The first-order valence-electron chi connectivity index (χ1n) is 22.1. The minimum atomic E-state index is -3.03. The van der Waals surface area contributed by atoms with E-state index in [2.05, 4.69) is 72.8 Å². The van der Waals surface area contributed by atoms with Crippen LogP contribution >= 0.6 is 87.7 Å². The number of ether oxygens (including phenoxy) is 6. The Kier molecular flexibility index (Phi) is 16.2. The minimum Gasteiger partial charge on any atom is -0.489 e. The second kappa shape index (κ2) is 21.1. The molecule has 0 spiro atoms. The zero-order valence-electron chi connectivity index (χ0n) is 37.8. The molecule has 0 saturated carbocycles. The molecule has 0 aliphatic carbocycles. The highest BCUT2D eigenvalue weighted by atomic mass is 35.6. The summed E-state index contributed by atoms with van der Waals surface area (Å²) in [4.78, 5) is 0. The van der Waals surface area contributed by atoms with E-state index in [0.717, 1.165) is 80.1 Å². The van der Waals surface area contributed by atoms with E-state index >= 15 is 0 Å². The van der Waals surface area contributed by atoms with E-state index in [0.29, 0.717) is 74.1 Å². The van der Waals surface area contributed by atoms with Crippen LogP contribution in [-0.4, -0.2) is 48.2 Å². The largest absolute Gasteiger partial charge is 0.489 e. The molecule has 68 heavy (non-hydrogen) atoms. The van der Waals surface area contributed by atoms with Gasteiger partial charge in [0.25, 0.3) is 0 Å². The molecule has 0 amide bonds. The molecule has 0 atom stereocenters. The maximum absolute atomic E-state index is 7.41. The lowest BCUT2D eigenvalue weighted by Crippen LogP contribution is -2.28. The molecule has 18 heteroatoms. The number of benzene rings is 7. The molecule has 3 heterocycles. The van der Waals surface area contributed by atoms with Crippen molar-refractivity contribution in [1.29, 1.82) is 0 Å². The van der Waals surface area contributed by atoms with Gasteiger partial charge in [-0.25, -0.2) is 0 Å². The van der Waals surface area contributed by atoms with Crippen LogP contribution in [0, 0.1) is 0 Å². The monoisotopic (exact) mass is 1140 g/mol. The van der Waals surface area contributed by atoms with Gasteiger partial charge >= 0.3 is 0 Å². The molecule has 0 bridgehead atoms. The Bertz CT molecular complexity index is 2730. The van der Waals surface area contributed by atoms with Gasteiger partial charge in [-0.1, -0.05) is 196 Å². The molecular formula is C50H47Cl6O6P3S3. The Balaban J connectivity index is 0.000000727. The molecule has 7 aromatic rings. The van der Waals surface area contributed by atoms with Crippen molar-refractivity contribution in [3.8, 4) is 34.5 Å². The molecule has 3 aliphatic rings. The lowest BCUT2D eigenvalue weighted by molar-refractivity contribution is 0.292. The standard InChI is InChI=1S/C48H45O6P3S3.2CHCl3/c1-7-49-37-38(50-8-2)44-32-31-33-35-36-34(32)46(56(44,59)29-24-18-14-19-25-29)41(53-11-5)42(54-12-6)48(36)57(60,30-26-20-15-21-27-30)47(35)40(52-10-4)39(51-9-3)45(33)55(58,43(31)37)28-22-16-13-17-23-28;2*2-1(3)4/h13-27H,7-12H2,1-6H3;2*1H. The van der Waals surface area contributed by atoms with E-state index < -0.39 is 26.7 Å². The van der Waals surface area contributed by atoms with E-state index in [1.165, 1.54) is 0 Å². The summed E-state index contributed by atoms with van der Waals surface area (Å²) < 4.78 is 40.4. The fraction of sp³-hybridized carbons (Fsp3) is 0.280. The number of halogens is 6. The first kappa shape index (κ1) is 52.1. The van der Waals surface area contributed by atoms with Gasteiger partial charge in [0.05, 0.1) is 39.6 Å². The lowest BCUT2D eigenvalue weighted by Gasteiger charge is -2.29. The Labute approximate surface area is 443 Å². The van der Waals surface area contributed by atoms with Gasteiger partial charge in [-0.3, -0.25) is 0 Å². The SMILES string of the molecule is CCOc1c(OCC)c2c3c4c1P(=S)(c1ccccc1)c1c(OCC)c(OCC)c5c(c14)c1c(c(OCC)c(OCC)c(c31)P2(=S)c1ccccc1)P5(=S)c1ccccc1.ClC(Cl)Cl.ClC(Cl)Cl. The average molecular weight is 1150 g/mol. The first-order valence-corrected chi connectivity index (χ1v) is 33.1. The van der Waals surface area contributed by atoms with Crippen LogP contribution in [0.3, 0.4) is 0 Å². The van der Waals surface area contributed by atoms with Gasteiger partial charge in [0.15, 0.2) is 43.1 Å². The fourth-order valence-corrected chi connectivity index (χ4v) is 24.2. The molecule has 10 rings (SSSR count). The van der Waals surface area contributed by atoms with Crippen LogP contribution in [0.25, 0.3) is 32.3 Å². The smallest absolute Gasteiger partial charge is 0.180 e. The zero-order valence-corrected chi connectivity index (χ0v) is 47.5. The van der Waals surface area contributed by atoms with E-state index in [1.54, 1.807) is 0 Å². The van der Waals surface area contributed by atoms with Crippen LogP contribution in [-0.2, 0) is 35.4 Å². The average Bonchev–Trinajstić information content (AvgIpc) is 3.88. The van der Waals surface area contributed by atoms with E-state index in [4.69, 9.17) is 133 Å². The van der Waals surface area contributed by atoms with Gasteiger partial charge in [0.2, 0.25) is 0 Å². The molecule has 0 N–H and O–H groups in total. The van der Waals surface area contributed by atoms with Crippen LogP contribution in [0.5, 0.6) is 34.5 Å². The third-order valence-electron chi connectivity index (χ3n) is 11.8. The normalized spacial score (nSPS) is 19.0. The second-order valence-corrected chi connectivity index (χ2v) is 32.0. The van der Waals surface area contributed by atoms with E-state index in [1.807, 2.05) is 59.7 Å². The van der Waals surface area contributed by atoms with Gasteiger partial charge in [-0.15, -0.1) is 0 Å². The molecule has 6 nitrogen and oxygen atoms in total. The van der Waals surface area contributed by atoms with Crippen molar-refractivity contribution in [2.45, 2.75) is 50.1 Å². The van der Waals surface area contributed by atoms with Crippen molar-refractivity contribution < 1.29 is 28.4 Å². The summed E-state index contributed by atoms with van der Waals surface area (Å²) in [6, 6.07) is 22.5. The second-order valence-electron chi connectivity index (χ2n) is 15.2. The highest BCUT2D eigenvalue weighted by Gasteiger charge is 2.55. The minimum absolute atomic E-state index is 0.399. The molecule has 0 radical (unpaired) electrons. The highest BCUT2D eigenvalue weighted by molar-refractivity contribution is 8.28. The van der Waals surface area contributed by atoms with Crippen molar-refractivity contribution in [1.82, 2.24) is 0 Å². The molecule has 358 valence electrons. The summed E-state index contributed by atoms with van der Waals surface area (Å²) in [5, 5.41) is 15.3. The molecule has 7 aromatic carbocycles. The fourth-order valence-electron chi connectivity index (χ4n) is 9.99. The number of alkyl halides is 6. The van der Waals surface area contributed by atoms with Gasteiger partial charge in [0, 0.05) is 82.3 Å². The summed E-state index contributed by atoms with van der Waals surface area (Å²) >= 11 is 51.0. The van der Waals surface area contributed by atoms with Crippen molar-refractivity contribution in [2.75, 3.05) is 39.6 Å². The zero-order chi connectivity index (χ0) is 48.9. The molecule has 3 aliphatic heterocycles. The van der Waals surface area contributed by atoms with Crippen molar-refractivity contribution in [2.24, 2.45) is 0 Å². The maximum atomic E-state index is 7.41. The Morgan fingerprint density at radius 3 is 0.603 bits per heavy atom. The molecule has 0 aromatic heterocycles. The summed E-state index contributed by atoms with van der Waals surface area (Å²) in [5.74, 6) is 3.98. The van der Waals surface area contributed by atoms with Crippen molar-refractivity contribution >= 4 is 203 Å². The Morgan fingerprint density at radius 2 is 0.471 bits per heavy atom.